The van der Waals surface area contributed by atoms with E-state index in [0.717, 1.165) is 12.8 Å². The van der Waals surface area contributed by atoms with Crippen molar-refractivity contribution in [1.82, 2.24) is 15.5 Å². The molecule has 15 heavy (non-hydrogen) atoms. The van der Waals surface area contributed by atoms with Gasteiger partial charge in [-0.1, -0.05) is 11.6 Å². The molecule has 0 atom stereocenters. The molecule has 1 aliphatic rings. The number of aromatic nitrogens is 2. The summed E-state index contributed by atoms with van der Waals surface area (Å²) in [4.78, 5) is 11.4. The molecule has 0 saturated heterocycles. The summed E-state index contributed by atoms with van der Waals surface area (Å²) >= 11 is 5.56. The van der Waals surface area contributed by atoms with Gasteiger partial charge in [0.2, 0.25) is 5.91 Å². The first-order valence-electron chi connectivity index (χ1n) is 4.76. The summed E-state index contributed by atoms with van der Waals surface area (Å²) in [5.74, 6) is 0.306. The molecule has 1 aliphatic carbocycles. The molecule has 0 bridgehead atoms. The van der Waals surface area contributed by atoms with E-state index in [2.05, 4.69) is 20.8 Å². The fraction of sp³-hybridized carbons (Fsp3) is 0.444. The molecule has 0 aliphatic heterocycles. The third-order valence-electron chi connectivity index (χ3n) is 2.03. The van der Waals surface area contributed by atoms with Crippen LogP contribution in [0.4, 0.5) is 5.82 Å². The number of hydrogen-bond acceptors (Lipinski definition) is 4. The molecule has 1 fully saturated rings. The standard InChI is InChI=1S/C9H11ClN4O/c10-7-3-4-8(14-13-7)12-9(15)5-11-6-1-2-6/h3-4,6,11H,1-2,5H2,(H,12,14,15). The number of halogens is 1. The maximum Gasteiger partial charge on any atom is 0.239 e. The fourth-order valence-electron chi connectivity index (χ4n) is 1.09. The summed E-state index contributed by atoms with van der Waals surface area (Å²) in [6.07, 6.45) is 2.32. The van der Waals surface area contributed by atoms with E-state index in [9.17, 15) is 4.79 Å². The van der Waals surface area contributed by atoms with Crippen LogP contribution in [-0.4, -0.2) is 28.7 Å². The minimum Gasteiger partial charge on any atom is -0.308 e. The molecule has 80 valence electrons. The van der Waals surface area contributed by atoms with Gasteiger partial charge in [0, 0.05) is 6.04 Å². The van der Waals surface area contributed by atoms with E-state index in [1.54, 1.807) is 12.1 Å². The highest BCUT2D eigenvalue weighted by Gasteiger charge is 2.21. The Morgan fingerprint density at radius 3 is 2.87 bits per heavy atom. The second kappa shape index (κ2) is 4.55. The Morgan fingerprint density at radius 2 is 2.27 bits per heavy atom. The number of amides is 1. The van der Waals surface area contributed by atoms with E-state index in [1.807, 2.05) is 0 Å². The third kappa shape index (κ3) is 3.45. The Balaban J connectivity index is 1.79. The first-order valence-corrected chi connectivity index (χ1v) is 5.14. The van der Waals surface area contributed by atoms with Crippen LogP contribution < -0.4 is 10.6 Å². The number of hydrogen-bond donors (Lipinski definition) is 2. The predicted octanol–water partition coefficient (Wildman–Crippen LogP) is 0.820. The summed E-state index contributed by atoms with van der Waals surface area (Å²) in [7, 11) is 0. The second-order valence-electron chi connectivity index (χ2n) is 3.44. The highest BCUT2D eigenvalue weighted by molar-refractivity contribution is 6.29. The van der Waals surface area contributed by atoms with Crippen LogP contribution in [0.1, 0.15) is 12.8 Å². The van der Waals surface area contributed by atoms with Crippen molar-refractivity contribution in [2.45, 2.75) is 18.9 Å². The van der Waals surface area contributed by atoms with Gasteiger partial charge in [-0.3, -0.25) is 4.79 Å². The quantitative estimate of drug-likeness (QED) is 0.798. The molecule has 5 nitrogen and oxygen atoms in total. The van der Waals surface area contributed by atoms with Crippen molar-refractivity contribution in [1.29, 1.82) is 0 Å². The number of carbonyl (C=O) groups is 1. The first kappa shape index (κ1) is 10.3. The lowest BCUT2D eigenvalue weighted by Gasteiger charge is -2.03. The zero-order chi connectivity index (χ0) is 10.7. The van der Waals surface area contributed by atoms with Gasteiger partial charge in [0.15, 0.2) is 11.0 Å². The van der Waals surface area contributed by atoms with Crippen LogP contribution in [0.5, 0.6) is 0 Å². The van der Waals surface area contributed by atoms with Gasteiger partial charge in [0.1, 0.15) is 0 Å². The van der Waals surface area contributed by atoms with Gasteiger partial charge < -0.3 is 10.6 Å². The minimum atomic E-state index is -0.112. The number of nitrogens with zero attached hydrogens (tertiary/aromatic N) is 2. The van der Waals surface area contributed by atoms with Crippen LogP contribution >= 0.6 is 11.6 Å². The van der Waals surface area contributed by atoms with E-state index in [4.69, 9.17) is 11.6 Å². The van der Waals surface area contributed by atoms with Gasteiger partial charge in [-0.15, -0.1) is 10.2 Å². The molecule has 1 aromatic heterocycles. The molecule has 1 saturated carbocycles. The lowest BCUT2D eigenvalue weighted by atomic mass is 10.5. The Morgan fingerprint density at radius 1 is 1.47 bits per heavy atom. The van der Waals surface area contributed by atoms with Gasteiger partial charge in [-0.05, 0) is 25.0 Å². The summed E-state index contributed by atoms with van der Waals surface area (Å²) in [6, 6.07) is 3.72. The molecule has 1 amide bonds. The zero-order valence-corrected chi connectivity index (χ0v) is 8.79. The molecule has 0 unspecified atom stereocenters. The largest absolute Gasteiger partial charge is 0.308 e. The Hall–Kier alpha value is -1.20. The van der Waals surface area contributed by atoms with Crippen molar-refractivity contribution in [2.75, 3.05) is 11.9 Å². The number of carbonyl (C=O) groups excluding carboxylic acids is 1. The van der Waals surface area contributed by atoms with Crippen LogP contribution in [0.3, 0.4) is 0 Å². The molecule has 1 aromatic rings. The highest BCUT2D eigenvalue weighted by Crippen LogP contribution is 2.18. The van der Waals surface area contributed by atoms with E-state index in [-0.39, 0.29) is 5.91 Å². The molecule has 0 radical (unpaired) electrons. The Labute approximate surface area is 92.2 Å². The average Bonchev–Trinajstić information content (AvgIpc) is 3.02. The topological polar surface area (TPSA) is 66.9 Å². The zero-order valence-electron chi connectivity index (χ0n) is 8.03. The van der Waals surface area contributed by atoms with Crippen LogP contribution in [0.2, 0.25) is 5.15 Å². The Bertz CT molecular complexity index is 350. The first-order chi connectivity index (χ1) is 7.24. The predicted molar refractivity (Wildman–Crippen MR) is 56.7 cm³/mol. The normalized spacial score (nSPS) is 15.0. The average molecular weight is 227 g/mol. The van der Waals surface area contributed by atoms with Gasteiger partial charge in [-0.25, -0.2) is 0 Å². The van der Waals surface area contributed by atoms with E-state index < -0.39 is 0 Å². The monoisotopic (exact) mass is 226 g/mol. The van der Waals surface area contributed by atoms with E-state index in [1.165, 1.54) is 0 Å². The van der Waals surface area contributed by atoms with Gasteiger partial charge >= 0.3 is 0 Å². The summed E-state index contributed by atoms with van der Waals surface area (Å²) in [5.41, 5.74) is 0. The van der Waals surface area contributed by atoms with Crippen molar-refractivity contribution in [3.8, 4) is 0 Å². The fourth-order valence-corrected chi connectivity index (χ4v) is 1.19. The molecular formula is C9H11ClN4O. The maximum atomic E-state index is 11.4. The van der Waals surface area contributed by atoms with Gasteiger partial charge in [0.05, 0.1) is 6.54 Å². The van der Waals surface area contributed by atoms with Crippen molar-refractivity contribution in [3.63, 3.8) is 0 Å². The van der Waals surface area contributed by atoms with Gasteiger partial charge in [-0.2, -0.15) is 0 Å². The third-order valence-corrected chi connectivity index (χ3v) is 2.23. The molecule has 2 N–H and O–H groups in total. The molecule has 2 rings (SSSR count). The summed E-state index contributed by atoms with van der Waals surface area (Å²) < 4.78 is 0. The summed E-state index contributed by atoms with van der Waals surface area (Å²) in [6.45, 7) is 0.314. The SMILES string of the molecule is O=C(CNC1CC1)Nc1ccc(Cl)nn1. The lowest BCUT2D eigenvalue weighted by Crippen LogP contribution is -2.29. The smallest absolute Gasteiger partial charge is 0.239 e. The van der Waals surface area contributed by atoms with Crippen LogP contribution in [0.25, 0.3) is 0 Å². The van der Waals surface area contributed by atoms with E-state index >= 15 is 0 Å². The minimum absolute atomic E-state index is 0.112. The van der Waals surface area contributed by atoms with Crippen LogP contribution in [0, 0.1) is 0 Å². The van der Waals surface area contributed by atoms with E-state index in [0.29, 0.717) is 23.6 Å². The molecule has 1 heterocycles. The Kier molecular flexibility index (Phi) is 3.13. The van der Waals surface area contributed by atoms with Crippen molar-refractivity contribution in [3.05, 3.63) is 17.3 Å². The number of rotatable bonds is 4. The molecular weight excluding hydrogens is 216 g/mol. The highest BCUT2D eigenvalue weighted by atomic mass is 35.5. The number of anilines is 1. The van der Waals surface area contributed by atoms with Crippen LogP contribution in [0.15, 0.2) is 12.1 Å². The van der Waals surface area contributed by atoms with Crippen molar-refractivity contribution in [2.24, 2.45) is 0 Å². The molecule has 0 aromatic carbocycles. The maximum absolute atomic E-state index is 11.4. The van der Waals surface area contributed by atoms with Crippen molar-refractivity contribution >= 4 is 23.3 Å². The summed E-state index contributed by atoms with van der Waals surface area (Å²) in [5, 5.41) is 13.4. The second-order valence-corrected chi connectivity index (χ2v) is 3.83. The molecule has 0 spiro atoms. The van der Waals surface area contributed by atoms with Crippen LogP contribution in [-0.2, 0) is 4.79 Å². The number of nitrogens with one attached hydrogen (secondary N) is 2. The van der Waals surface area contributed by atoms with Gasteiger partial charge in [0.25, 0.3) is 0 Å². The lowest BCUT2D eigenvalue weighted by molar-refractivity contribution is -0.115. The molecule has 6 heteroatoms. The van der Waals surface area contributed by atoms with Crippen molar-refractivity contribution < 1.29 is 4.79 Å².